The van der Waals surface area contributed by atoms with Gasteiger partial charge in [0.1, 0.15) is 6.61 Å². The number of ketones is 1. The minimum atomic E-state index is -0.568. The van der Waals surface area contributed by atoms with Gasteiger partial charge < -0.3 is 10.5 Å². The zero-order chi connectivity index (χ0) is 9.68. The molecule has 13 heavy (non-hydrogen) atoms. The minimum absolute atomic E-state index is 0.0655. The minimum Gasteiger partial charge on any atom is -0.377 e. The van der Waals surface area contributed by atoms with Gasteiger partial charge in [0.05, 0.1) is 6.04 Å². The third-order valence-corrected chi connectivity index (χ3v) is 1.79. The van der Waals surface area contributed by atoms with E-state index in [1.165, 1.54) is 7.11 Å². The van der Waals surface area contributed by atoms with E-state index >= 15 is 0 Å². The summed E-state index contributed by atoms with van der Waals surface area (Å²) in [5, 5.41) is 0. The van der Waals surface area contributed by atoms with Crippen LogP contribution < -0.4 is 5.73 Å². The number of benzene rings is 1. The van der Waals surface area contributed by atoms with Crippen molar-refractivity contribution in [2.45, 2.75) is 6.04 Å². The number of hydrogen-bond acceptors (Lipinski definition) is 3. The van der Waals surface area contributed by atoms with Gasteiger partial charge in [-0.15, -0.1) is 0 Å². The van der Waals surface area contributed by atoms with Gasteiger partial charge in [-0.3, -0.25) is 4.79 Å². The summed E-state index contributed by atoms with van der Waals surface area (Å²) in [7, 11) is 1.48. The maximum Gasteiger partial charge on any atom is 0.179 e. The molecule has 0 radical (unpaired) electrons. The molecule has 3 heteroatoms. The molecule has 0 fully saturated rings. The average Bonchev–Trinajstić information content (AvgIpc) is 2.18. The smallest absolute Gasteiger partial charge is 0.179 e. The second-order valence-corrected chi connectivity index (χ2v) is 2.79. The van der Waals surface area contributed by atoms with Crippen LogP contribution >= 0.6 is 0 Å². The van der Waals surface area contributed by atoms with Gasteiger partial charge in [-0.1, -0.05) is 30.3 Å². The molecule has 0 saturated heterocycles. The van der Waals surface area contributed by atoms with E-state index in [1.54, 1.807) is 0 Å². The summed E-state index contributed by atoms with van der Waals surface area (Å²) >= 11 is 0. The molecule has 0 aliphatic heterocycles. The topological polar surface area (TPSA) is 52.3 Å². The second-order valence-electron chi connectivity index (χ2n) is 2.79. The van der Waals surface area contributed by atoms with Gasteiger partial charge >= 0.3 is 0 Å². The van der Waals surface area contributed by atoms with Crippen LogP contribution in [0.5, 0.6) is 0 Å². The van der Waals surface area contributed by atoms with Crippen molar-refractivity contribution in [3.05, 3.63) is 35.9 Å². The molecule has 2 N–H and O–H groups in total. The molecule has 1 atom stereocenters. The molecule has 3 nitrogen and oxygen atoms in total. The number of carbonyl (C=O) groups is 1. The molecule has 0 spiro atoms. The van der Waals surface area contributed by atoms with E-state index in [0.29, 0.717) is 0 Å². The first-order valence-corrected chi connectivity index (χ1v) is 4.08. The van der Waals surface area contributed by atoms with Crippen LogP contribution in [0.1, 0.15) is 11.6 Å². The predicted molar refractivity (Wildman–Crippen MR) is 50.3 cm³/mol. The van der Waals surface area contributed by atoms with Crippen LogP contribution in [-0.2, 0) is 9.53 Å². The molecule has 1 aromatic rings. The molecule has 0 saturated carbocycles. The van der Waals surface area contributed by atoms with E-state index in [-0.39, 0.29) is 12.4 Å². The Bertz CT molecular complexity index is 272. The first-order valence-electron chi connectivity index (χ1n) is 4.08. The summed E-state index contributed by atoms with van der Waals surface area (Å²) < 4.78 is 4.72. The van der Waals surface area contributed by atoms with E-state index in [0.717, 1.165) is 5.56 Å². The monoisotopic (exact) mass is 179 g/mol. The van der Waals surface area contributed by atoms with E-state index < -0.39 is 6.04 Å². The van der Waals surface area contributed by atoms with Crippen molar-refractivity contribution in [3.63, 3.8) is 0 Å². The zero-order valence-corrected chi connectivity index (χ0v) is 7.57. The van der Waals surface area contributed by atoms with E-state index in [2.05, 4.69) is 0 Å². The highest BCUT2D eigenvalue weighted by atomic mass is 16.5. The van der Waals surface area contributed by atoms with Gasteiger partial charge in [-0.25, -0.2) is 0 Å². The molecule has 70 valence electrons. The normalized spacial score (nSPS) is 12.5. The second kappa shape index (κ2) is 4.74. The highest BCUT2D eigenvalue weighted by Crippen LogP contribution is 2.09. The summed E-state index contributed by atoms with van der Waals surface area (Å²) in [4.78, 5) is 11.3. The lowest BCUT2D eigenvalue weighted by Crippen LogP contribution is -2.24. The highest BCUT2D eigenvalue weighted by Gasteiger charge is 2.14. The van der Waals surface area contributed by atoms with Crippen LogP contribution in [-0.4, -0.2) is 19.5 Å². The Labute approximate surface area is 77.5 Å². The molecule has 0 unspecified atom stereocenters. The van der Waals surface area contributed by atoms with Gasteiger partial charge in [-0.05, 0) is 5.56 Å². The first kappa shape index (κ1) is 9.89. The lowest BCUT2D eigenvalue weighted by Gasteiger charge is -2.09. The Hall–Kier alpha value is -1.19. The molecule has 1 rings (SSSR count). The SMILES string of the molecule is COCC(=O)[C@H](N)c1ccccc1. The number of nitrogens with two attached hydrogens (primary N) is 1. The third-order valence-electron chi connectivity index (χ3n) is 1.79. The summed E-state index contributed by atoms with van der Waals surface area (Å²) in [6.45, 7) is 0.0655. The fraction of sp³-hybridized carbons (Fsp3) is 0.300. The molecule has 1 aromatic carbocycles. The molecule has 0 aromatic heterocycles. The lowest BCUT2D eigenvalue weighted by molar-refractivity contribution is -0.124. The molecule has 0 aliphatic carbocycles. The maximum absolute atomic E-state index is 11.3. The van der Waals surface area contributed by atoms with Crippen molar-refractivity contribution >= 4 is 5.78 Å². The van der Waals surface area contributed by atoms with Crippen LogP contribution in [0.4, 0.5) is 0 Å². The Balaban J connectivity index is 2.68. The van der Waals surface area contributed by atoms with Crippen molar-refractivity contribution in [3.8, 4) is 0 Å². The van der Waals surface area contributed by atoms with Crippen LogP contribution in [0, 0.1) is 0 Å². The van der Waals surface area contributed by atoms with Gasteiger partial charge in [0.15, 0.2) is 5.78 Å². The summed E-state index contributed by atoms with van der Waals surface area (Å²) in [6.07, 6.45) is 0. The first-order chi connectivity index (χ1) is 6.25. The van der Waals surface area contributed by atoms with Crippen molar-refractivity contribution in [1.82, 2.24) is 0 Å². The third kappa shape index (κ3) is 2.65. The summed E-state index contributed by atoms with van der Waals surface area (Å²) in [5.74, 6) is -0.103. The summed E-state index contributed by atoms with van der Waals surface area (Å²) in [6, 6.07) is 8.69. The van der Waals surface area contributed by atoms with Crippen LogP contribution in [0.2, 0.25) is 0 Å². The highest BCUT2D eigenvalue weighted by molar-refractivity contribution is 5.86. The number of Topliss-reactive ketones (excluding diaryl/α,β-unsaturated/α-hetero) is 1. The quantitative estimate of drug-likeness (QED) is 0.747. The van der Waals surface area contributed by atoms with Gasteiger partial charge in [0.25, 0.3) is 0 Å². The van der Waals surface area contributed by atoms with Crippen molar-refractivity contribution in [2.75, 3.05) is 13.7 Å². The Morgan fingerprint density at radius 2 is 2.08 bits per heavy atom. The fourth-order valence-corrected chi connectivity index (χ4v) is 1.08. The van der Waals surface area contributed by atoms with Crippen molar-refractivity contribution in [1.29, 1.82) is 0 Å². The van der Waals surface area contributed by atoms with Crippen molar-refractivity contribution < 1.29 is 9.53 Å². The van der Waals surface area contributed by atoms with Crippen LogP contribution in [0.15, 0.2) is 30.3 Å². The summed E-state index contributed by atoms with van der Waals surface area (Å²) in [5.41, 5.74) is 6.52. The fourth-order valence-electron chi connectivity index (χ4n) is 1.08. The van der Waals surface area contributed by atoms with E-state index in [1.807, 2.05) is 30.3 Å². The number of ether oxygens (including phenoxy) is 1. The molecule has 0 heterocycles. The zero-order valence-electron chi connectivity index (χ0n) is 7.57. The van der Waals surface area contributed by atoms with E-state index in [4.69, 9.17) is 10.5 Å². The van der Waals surface area contributed by atoms with Crippen LogP contribution in [0.25, 0.3) is 0 Å². The van der Waals surface area contributed by atoms with E-state index in [9.17, 15) is 4.79 Å². The largest absolute Gasteiger partial charge is 0.377 e. The molecular weight excluding hydrogens is 166 g/mol. The Morgan fingerprint density at radius 3 is 2.62 bits per heavy atom. The number of methoxy groups -OCH3 is 1. The standard InChI is InChI=1S/C10H13NO2/c1-13-7-9(12)10(11)8-5-3-2-4-6-8/h2-6,10H,7,11H2,1H3/t10-/m1/s1. The van der Waals surface area contributed by atoms with Crippen molar-refractivity contribution in [2.24, 2.45) is 5.73 Å². The molecule has 0 aliphatic rings. The Morgan fingerprint density at radius 1 is 1.46 bits per heavy atom. The van der Waals surface area contributed by atoms with Gasteiger partial charge in [0, 0.05) is 7.11 Å². The maximum atomic E-state index is 11.3. The van der Waals surface area contributed by atoms with Gasteiger partial charge in [0.2, 0.25) is 0 Å². The average molecular weight is 179 g/mol. The predicted octanol–water partition coefficient (Wildman–Crippen LogP) is 0.902. The number of rotatable bonds is 4. The van der Waals surface area contributed by atoms with Gasteiger partial charge in [-0.2, -0.15) is 0 Å². The lowest BCUT2D eigenvalue weighted by atomic mass is 10.0. The number of hydrogen-bond donors (Lipinski definition) is 1. The molecule has 0 bridgehead atoms. The molecule has 0 amide bonds. The molecular formula is C10H13NO2. The van der Waals surface area contributed by atoms with Crippen LogP contribution in [0.3, 0.4) is 0 Å². The Kier molecular flexibility index (Phi) is 3.61. The number of carbonyl (C=O) groups excluding carboxylic acids is 1.